The van der Waals surface area contributed by atoms with Gasteiger partial charge >= 0.3 is 6.18 Å². The summed E-state index contributed by atoms with van der Waals surface area (Å²) < 4.78 is 93.9. The second-order valence-corrected chi connectivity index (χ2v) is 11.5. The SMILES string of the molecule is CC(C)[C@@H]1C[C@@H](C(=O)NCc2ccc(F)c(-c3cnc(C(F)(F)F)nc3)c2)N(S(=O)(=O)c2ccc(F)cc2)C1. The molecule has 1 aliphatic rings. The molecule has 2 aromatic carbocycles. The van der Waals surface area contributed by atoms with E-state index in [0.29, 0.717) is 5.56 Å². The number of carbonyl (C=O) groups is 1. The number of nitrogens with zero attached hydrogens (tertiary/aromatic N) is 3. The molecular weight excluding hydrogens is 543 g/mol. The molecule has 1 amide bonds. The summed E-state index contributed by atoms with van der Waals surface area (Å²) in [6.07, 6.45) is -2.74. The molecule has 7 nitrogen and oxygen atoms in total. The van der Waals surface area contributed by atoms with Crippen molar-refractivity contribution in [3.63, 3.8) is 0 Å². The molecule has 39 heavy (non-hydrogen) atoms. The molecule has 0 spiro atoms. The molecule has 2 heterocycles. The molecule has 1 aliphatic heterocycles. The average molecular weight is 569 g/mol. The summed E-state index contributed by atoms with van der Waals surface area (Å²) in [7, 11) is -4.10. The summed E-state index contributed by atoms with van der Waals surface area (Å²) in [4.78, 5) is 19.6. The van der Waals surface area contributed by atoms with Crippen LogP contribution in [0.2, 0.25) is 0 Å². The molecule has 3 aromatic rings. The van der Waals surface area contributed by atoms with Crippen LogP contribution in [0.3, 0.4) is 0 Å². The molecule has 0 bridgehead atoms. The van der Waals surface area contributed by atoms with Crippen LogP contribution in [0.5, 0.6) is 0 Å². The fraction of sp³-hybridized carbons (Fsp3) is 0.346. The zero-order valence-electron chi connectivity index (χ0n) is 20.9. The number of aromatic nitrogens is 2. The minimum absolute atomic E-state index is 0.0146. The van der Waals surface area contributed by atoms with Gasteiger partial charge in [0.2, 0.25) is 21.8 Å². The first-order valence-corrected chi connectivity index (χ1v) is 13.4. The van der Waals surface area contributed by atoms with Crippen molar-refractivity contribution in [1.29, 1.82) is 0 Å². The third kappa shape index (κ3) is 6.25. The van der Waals surface area contributed by atoms with Crippen molar-refractivity contribution in [2.45, 2.75) is 43.9 Å². The maximum Gasteiger partial charge on any atom is 0.451 e. The number of benzene rings is 2. The Balaban J connectivity index is 1.53. The number of nitrogens with one attached hydrogen (secondary N) is 1. The van der Waals surface area contributed by atoms with Crippen molar-refractivity contribution in [2.75, 3.05) is 6.54 Å². The molecule has 0 unspecified atom stereocenters. The van der Waals surface area contributed by atoms with Crippen molar-refractivity contribution in [1.82, 2.24) is 19.6 Å². The third-order valence-electron chi connectivity index (χ3n) is 6.67. The molecule has 13 heteroatoms. The maximum absolute atomic E-state index is 14.5. The lowest BCUT2D eigenvalue weighted by Gasteiger charge is -2.23. The van der Waals surface area contributed by atoms with E-state index in [0.717, 1.165) is 47.0 Å². The number of amides is 1. The first-order valence-electron chi connectivity index (χ1n) is 12.0. The number of hydrogen-bond donors (Lipinski definition) is 1. The van der Waals surface area contributed by atoms with E-state index in [1.165, 1.54) is 12.1 Å². The Morgan fingerprint density at radius 3 is 2.31 bits per heavy atom. The Morgan fingerprint density at radius 1 is 1.08 bits per heavy atom. The van der Waals surface area contributed by atoms with Crippen LogP contribution in [0.1, 0.15) is 31.7 Å². The molecule has 2 atom stereocenters. The predicted octanol–water partition coefficient (Wildman–Crippen LogP) is 4.79. The molecule has 1 saturated heterocycles. The molecule has 1 N–H and O–H groups in total. The van der Waals surface area contributed by atoms with Gasteiger partial charge in [0.15, 0.2) is 0 Å². The molecule has 0 saturated carbocycles. The highest BCUT2D eigenvalue weighted by atomic mass is 32.2. The van der Waals surface area contributed by atoms with Gasteiger partial charge in [0.25, 0.3) is 0 Å². The lowest BCUT2D eigenvalue weighted by molar-refractivity contribution is -0.145. The summed E-state index contributed by atoms with van der Waals surface area (Å²) >= 11 is 0. The van der Waals surface area contributed by atoms with Crippen molar-refractivity contribution >= 4 is 15.9 Å². The topological polar surface area (TPSA) is 92.3 Å². The molecular formula is C26H25F5N4O3S. The summed E-state index contributed by atoms with van der Waals surface area (Å²) in [5.74, 6) is -3.22. The monoisotopic (exact) mass is 568 g/mol. The predicted molar refractivity (Wildman–Crippen MR) is 131 cm³/mol. The number of alkyl halides is 3. The fourth-order valence-corrected chi connectivity index (χ4v) is 6.05. The van der Waals surface area contributed by atoms with Crippen LogP contribution in [-0.4, -0.2) is 41.2 Å². The summed E-state index contributed by atoms with van der Waals surface area (Å²) in [6.45, 7) is 3.88. The Morgan fingerprint density at radius 2 is 1.72 bits per heavy atom. The van der Waals surface area contributed by atoms with E-state index in [1.807, 2.05) is 13.8 Å². The minimum Gasteiger partial charge on any atom is -0.351 e. The van der Waals surface area contributed by atoms with Crippen LogP contribution in [-0.2, 0) is 27.5 Å². The van der Waals surface area contributed by atoms with Crippen LogP contribution >= 0.6 is 0 Å². The van der Waals surface area contributed by atoms with Crippen LogP contribution in [0, 0.1) is 23.5 Å². The van der Waals surface area contributed by atoms with Crippen molar-refractivity contribution in [2.24, 2.45) is 11.8 Å². The maximum atomic E-state index is 14.5. The highest BCUT2D eigenvalue weighted by Gasteiger charge is 2.44. The molecule has 1 aromatic heterocycles. The fourth-order valence-electron chi connectivity index (χ4n) is 4.39. The van der Waals surface area contributed by atoms with Gasteiger partial charge in [-0.25, -0.2) is 27.2 Å². The first-order chi connectivity index (χ1) is 18.3. The highest BCUT2D eigenvalue weighted by molar-refractivity contribution is 7.89. The number of rotatable bonds is 7. The number of halogens is 5. The minimum atomic E-state index is -4.74. The van der Waals surface area contributed by atoms with Crippen molar-refractivity contribution in [3.05, 3.63) is 77.9 Å². The Labute approximate surface area is 222 Å². The van der Waals surface area contributed by atoms with Gasteiger partial charge in [0.05, 0.1) is 4.90 Å². The Kier molecular flexibility index (Phi) is 8.03. The van der Waals surface area contributed by atoms with E-state index in [2.05, 4.69) is 15.3 Å². The van der Waals surface area contributed by atoms with Gasteiger partial charge in [-0.2, -0.15) is 17.5 Å². The van der Waals surface area contributed by atoms with E-state index in [1.54, 1.807) is 0 Å². The van der Waals surface area contributed by atoms with E-state index in [-0.39, 0.29) is 47.4 Å². The van der Waals surface area contributed by atoms with Gasteiger partial charge in [0, 0.05) is 36.6 Å². The van der Waals surface area contributed by atoms with Crippen LogP contribution in [0.15, 0.2) is 59.8 Å². The van der Waals surface area contributed by atoms with Crippen molar-refractivity contribution in [3.8, 4) is 11.1 Å². The number of carbonyl (C=O) groups excluding carboxylic acids is 1. The normalized spacial score (nSPS) is 18.5. The number of hydrogen-bond acceptors (Lipinski definition) is 5. The second kappa shape index (κ2) is 11.0. The summed E-state index contributed by atoms with van der Waals surface area (Å²) in [5.41, 5.74) is 0.378. The van der Waals surface area contributed by atoms with Gasteiger partial charge in [-0.1, -0.05) is 19.9 Å². The standard InChI is InChI=1S/C26H25F5N4O3S/c1-15(2)17-10-23(35(14-17)39(37,38)20-6-4-19(27)5-7-20)24(36)32-11-16-3-8-22(28)21(9-16)18-12-33-25(34-13-18)26(29,30)31/h3-9,12-13,15,17,23H,10-11,14H2,1-2H3,(H,32,36)/t17-,23+/m1/s1. The quantitative estimate of drug-likeness (QED) is 0.414. The van der Waals surface area contributed by atoms with Crippen molar-refractivity contribution < 1.29 is 35.2 Å². The molecule has 4 rings (SSSR count). The van der Waals surface area contributed by atoms with Crippen LogP contribution in [0.25, 0.3) is 11.1 Å². The summed E-state index contributed by atoms with van der Waals surface area (Å²) in [5, 5.41) is 2.68. The van der Waals surface area contributed by atoms with E-state index in [9.17, 15) is 35.2 Å². The Hall–Kier alpha value is -3.45. The van der Waals surface area contributed by atoms with Gasteiger partial charge < -0.3 is 5.32 Å². The first kappa shape index (κ1) is 28.6. The lowest BCUT2D eigenvalue weighted by atomic mass is 9.93. The Bertz CT molecular complexity index is 1450. The van der Waals surface area contributed by atoms with Gasteiger partial charge in [-0.3, -0.25) is 4.79 Å². The smallest absolute Gasteiger partial charge is 0.351 e. The molecule has 1 fully saturated rings. The second-order valence-electron chi connectivity index (χ2n) is 9.61. The van der Waals surface area contributed by atoms with Gasteiger partial charge in [-0.05, 0) is 60.2 Å². The zero-order valence-corrected chi connectivity index (χ0v) is 21.7. The summed E-state index contributed by atoms with van der Waals surface area (Å²) in [6, 6.07) is 7.18. The largest absolute Gasteiger partial charge is 0.451 e. The van der Waals surface area contributed by atoms with Crippen LogP contribution < -0.4 is 5.32 Å². The van der Waals surface area contributed by atoms with Gasteiger partial charge in [0.1, 0.15) is 17.7 Å². The zero-order chi connectivity index (χ0) is 28.5. The molecule has 0 aliphatic carbocycles. The highest BCUT2D eigenvalue weighted by Crippen LogP contribution is 2.34. The van der Waals surface area contributed by atoms with E-state index >= 15 is 0 Å². The lowest BCUT2D eigenvalue weighted by Crippen LogP contribution is -2.45. The van der Waals surface area contributed by atoms with E-state index < -0.39 is 45.6 Å². The average Bonchev–Trinajstić information content (AvgIpc) is 3.35. The third-order valence-corrected chi connectivity index (χ3v) is 8.56. The number of sulfonamides is 1. The molecule has 0 radical (unpaired) electrons. The van der Waals surface area contributed by atoms with Gasteiger partial charge in [-0.15, -0.1) is 0 Å². The molecule has 208 valence electrons. The van der Waals surface area contributed by atoms with Crippen LogP contribution in [0.4, 0.5) is 22.0 Å². The van der Waals surface area contributed by atoms with E-state index in [4.69, 9.17) is 0 Å².